The van der Waals surface area contributed by atoms with E-state index in [1.54, 1.807) is 38.1 Å². The maximum atomic E-state index is 12.4. The number of nitrogens with zero attached hydrogens (tertiary/aromatic N) is 1. The van der Waals surface area contributed by atoms with Gasteiger partial charge in [0.2, 0.25) is 5.43 Å². The second-order valence-electron chi connectivity index (χ2n) is 4.82. The minimum atomic E-state index is -0.808. The van der Waals surface area contributed by atoms with Gasteiger partial charge >= 0.3 is 11.9 Å². The molecule has 0 unspecified atom stereocenters. The molecule has 0 atom stereocenters. The Bertz CT molecular complexity index is 784. The molecular weight excluding hydrogens is 312 g/mol. The molecule has 2 N–H and O–H groups in total. The summed E-state index contributed by atoms with van der Waals surface area (Å²) < 4.78 is 11.2. The quantitative estimate of drug-likeness (QED) is 0.662. The summed E-state index contributed by atoms with van der Waals surface area (Å²) in [6, 6.07) is 6.86. The van der Waals surface area contributed by atoms with Crippen LogP contribution in [0.15, 0.2) is 41.5 Å². The molecule has 1 heterocycles. The van der Waals surface area contributed by atoms with Gasteiger partial charge in [-0.05, 0) is 26.0 Å². The van der Waals surface area contributed by atoms with Crippen LogP contribution >= 0.6 is 0 Å². The van der Waals surface area contributed by atoms with E-state index in [1.165, 1.54) is 17.0 Å². The average molecular weight is 330 g/mol. The Morgan fingerprint density at radius 3 is 1.96 bits per heavy atom. The highest BCUT2D eigenvalue weighted by atomic mass is 16.5. The Hall–Kier alpha value is -3.09. The van der Waals surface area contributed by atoms with Crippen molar-refractivity contribution < 1.29 is 19.1 Å². The fourth-order valence-corrected chi connectivity index (χ4v) is 2.15. The molecule has 1 aromatic heterocycles. The van der Waals surface area contributed by atoms with E-state index in [-0.39, 0.29) is 24.3 Å². The number of nitrogens with two attached hydrogens (primary N) is 1. The SMILES string of the molecule is CCOC(=O)c1cn(-c2ccccc2N)cc(C(=O)OCC)c1=O. The van der Waals surface area contributed by atoms with Crippen molar-refractivity contribution in [1.82, 2.24) is 4.57 Å². The molecule has 1 aromatic carbocycles. The maximum Gasteiger partial charge on any atom is 0.343 e. The molecule has 0 saturated heterocycles. The number of rotatable bonds is 5. The van der Waals surface area contributed by atoms with Crippen LogP contribution in [0, 0.1) is 0 Å². The highest BCUT2D eigenvalue weighted by Gasteiger charge is 2.21. The van der Waals surface area contributed by atoms with Crippen LogP contribution in [0.25, 0.3) is 5.69 Å². The fraction of sp³-hybridized carbons (Fsp3) is 0.235. The van der Waals surface area contributed by atoms with Crippen LogP contribution < -0.4 is 11.2 Å². The van der Waals surface area contributed by atoms with Gasteiger partial charge in [-0.1, -0.05) is 12.1 Å². The molecule has 0 aliphatic rings. The van der Waals surface area contributed by atoms with E-state index in [1.807, 2.05) is 0 Å². The van der Waals surface area contributed by atoms with Gasteiger partial charge in [-0.25, -0.2) is 9.59 Å². The van der Waals surface area contributed by atoms with E-state index >= 15 is 0 Å². The van der Waals surface area contributed by atoms with Crippen LogP contribution in [0.3, 0.4) is 0 Å². The Balaban J connectivity index is 2.68. The van der Waals surface area contributed by atoms with E-state index < -0.39 is 17.4 Å². The number of para-hydroxylation sites is 2. The number of nitrogen functional groups attached to an aromatic ring is 1. The number of esters is 2. The third-order valence-corrected chi connectivity index (χ3v) is 3.23. The van der Waals surface area contributed by atoms with Gasteiger partial charge < -0.3 is 19.8 Å². The van der Waals surface area contributed by atoms with Gasteiger partial charge in [0.15, 0.2) is 0 Å². The van der Waals surface area contributed by atoms with Gasteiger partial charge in [0, 0.05) is 12.4 Å². The molecule has 0 aliphatic heterocycles. The van der Waals surface area contributed by atoms with E-state index in [4.69, 9.17) is 15.2 Å². The lowest BCUT2D eigenvalue weighted by molar-refractivity contribution is 0.0520. The second kappa shape index (κ2) is 7.45. The van der Waals surface area contributed by atoms with Crippen LogP contribution in [0.5, 0.6) is 0 Å². The zero-order valence-electron chi connectivity index (χ0n) is 13.4. The molecular formula is C17H18N2O5. The van der Waals surface area contributed by atoms with Gasteiger partial charge in [0.1, 0.15) is 11.1 Å². The van der Waals surface area contributed by atoms with Crippen molar-refractivity contribution in [3.05, 3.63) is 58.0 Å². The molecule has 0 saturated carbocycles. The predicted octanol–water partition coefficient (Wildman–Crippen LogP) is 1.77. The minimum Gasteiger partial charge on any atom is -0.462 e. The van der Waals surface area contributed by atoms with Crippen LogP contribution in [0.2, 0.25) is 0 Å². The Labute approximate surface area is 138 Å². The zero-order chi connectivity index (χ0) is 17.7. The highest BCUT2D eigenvalue weighted by Crippen LogP contribution is 2.17. The normalized spacial score (nSPS) is 10.2. The minimum absolute atomic E-state index is 0.107. The van der Waals surface area contributed by atoms with Crippen LogP contribution in [0.1, 0.15) is 34.6 Å². The molecule has 24 heavy (non-hydrogen) atoms. The summed E-state index contributed by atoms with van der Waals surface area (Å²) in [6.07, 6.45) is 2.60. The van der Waals surface area contributed by atoms with Gasteiger partial charge in [-0.3, -0.25) is 4.79 Å². The second-order valence-corrected chi connectivity index (χ2v) is 4.82. The number of hydrogen-bond acceptors (Lipinski definition) is 6. The maximum absolute atomic E-state index is 12.4. The molecule has 0 bridgehead atoms. The summed E-state index contributed by atoms with van der Waals surface area (Å²) in [7, 11) is 0. The summed E-state index contributed by atoms with van der Waals surface area (Å²) in [4.78, 5) is 36.5. The number of hydrogen-bond donors (Lipinski definition) is 1. The predicted molar refractivity (Wildman–Crippen MR) is 88.4 cm³/mol. The summed E-state index contributed by atoms with van der Waals surface area (Å²) in [6.45, 7) is 3.46. The lowest BCUT2D eigenvalue weighted by Gasteiger charge is -2.13. The topological polar surface area (TPSA) is 101 Å². The van der Waals surface area contributed by atoms with Crippen molar-refractivity contribution in [3.63, 3.8) is 0 Å². The highest BCUT2D eigenvalue weighted by molar-refractivity contribution is 5.95. The van der Waals surface area contributed by atoms with Gasteiger partial charge in [-0.15, -0.1) is 0 Å². The first kappa shape index (κ1) is 17.3. The van der Waals surface area contributed by atoms with Crippen molar-refractivity contribution in [1.29, 1.82) is 0 Å². The number of anilines is 1. The van der Waals surface area contributed by atoms with Gasteiger partial charge in [-0.2, -0.15) is 0 Å². The number of carbonyl (C=O) groups is 2. The van der Waals surface area contributed by atoms with E-state index in [9.17, 15) is 14.4 Å². The standard InChI is InChI=1S/C17H18N2O5/c1-3-23-16(21)11-9-19(14-8-6-5-7-13(14)18)10-12(15(11)20)17(22)24-4-2/h5-10H,3-4,18H2,1-2H3. The van der Waals surface area contributed by atoms with Crippen molar-refractivity contribution in [2.24, 2.45) is 0 Å². The van der Waals surface area contributed by atoms with Crippen LogP contribution in [0.4, 0.5) is 5.69 Å². The molecule has 0 radical (unpaired) electrons. The summed E-state index contributed by atoms with van der Waals surface area (Å²) in [5.74, 6) is -1.62. The lowest BCUT2D eigenvalue weighted by Crippen LogP contribution is -2.26. The third-order valence-electron chi connectivity index (χ3n) is 3.23. The van der Waals surface area contributed by atoms with E-state index in [0.29, 0.717) is 11.4 Å². The summed E-state index contributed by atoms with van der Waals surface area (Å²) in [5, 5.41) is 0. The zero-order valence-corrected chi connectivity index (χ0v) is 13.4. The molecule has 2 rings (SSSR count). The molecule has 7 heteroatoms. The monoisotopic (exact) mass is 330 g/mol. The average Bonchev–Trinajstić information content (AvgIpc) is 2.56. The first-order valence-electron chi connectivity index (χ1n) is 7.45. The molecule has 0 amide bonds. The van der Waals surface area contributed by atoms with Crippen molar-refractivity contribution in [3.8, 4) is 5.69 Å². The molecule has 0 fully saturated rings. The van der Waals surface area contributed by atoms with E-state index in [0.717, 1.165) is 0 Å². The van der Waals surface area contributed by atoms with Crippen molar-refractivity contribution in [2.75, 3.05) is 18.9 Å². The molecule has 126 valence electrons. The van der Waals surface area contributed by atoms with Crippen LogP contribution in [-0.2, 0) is 9.47 Å². The fourth-order valence-electron chi connectivity index (χ4n) is 2.15. The Kier molecular flexibility index (Phi) is 5.36. The van der Waals surface area contributed by atoms with Gasteiger partial charge in [0.05, 0.1) is 24.6 Å². The number of pyridine rings is 1. The smallest absolute Gasteiger partial charge is 0.343 e. The molecule has 0 spiro atoms. The largest absolute Gasteiger partial charge is 0.462 e. The number of ether oxygens (including phenoxy) is 2. The first-order chi connectivity index (χ1) is 11.5. The third kappa shape index (κ3) is 3.45. The summed E-state index contributed by atoms with van der Waals surface area (Å²) in [5.41, 5.74) is 5.62. The van der Waals surface area contributed by atoms with Crippen molar-refractivity contribution in [2.45, 2.75) is 13.8 Å². The number of carbonyl (C=O) groups excluding carboxylic acids is 2. The molecule has 2 aromatic rings. The summed E-state index contributed by atoms with van der Waals surface area (Å²) >= 11 is 0. The van der Waals surface area contributed by atoms with Gasteiger partial charge in [0.25, 0.3) is 0 Å². The van der Waals surface area contributed by atoms with Crippen molar-refractivity contribution >= 4 is 17.6 Å². The molecule has 7 nitrogen and oxygen atoms in total. The van der Waals surface area contributed by atoms with Crippen LogP contribution in [-0.4, -0.2) is 29.7 Å². The Morgan fingerprint density at radius 2 is 1.50 bits per heavy atom. The first-order valence-corrected chi connectivity index (χ1v) is 7.45. The van der Waals surface area contributed by atoms with E-state index in [2.05, 4.69) is 0 Å². The lowest BCUT2D eigenvalue weighted by atomic mass is 10.1. The number of benzene rings is 1. The Morgan fingerprint density at radius 1 is 1.00 bits per heavy atom. The number of aromatic nitrogens is 1. The molecule has 0 aliphatic carbocycles.